The minimum Gasteiger partial charge on any atom is -0.380 e. The third-order valence-electron chi connectivity index (χ3n) is 2.97. The Morgan fingerprint density at radius 2 is 2.00 bits per heavy atom. The highest BCUT2D eigenvalue weighted by molar-refractivity contribution is 5.33. The lowest BCUT2D eigenvalue weighted by Gasteiger charge is -2.19. The van der Waals surface area contributed by atoms with Crippen LogP contribution in [0.15, 0.2) is 42.6 Å². The Bertz CT molecular complexity index is 481. The van der Waals surface area contributed by atoms with Crippen LogP contribution in [0.3, 0.4) is 0 Å². The van der Waals surface area contributed by atoms with Crippen LogP contribution < -0.4 is 5.32 Å². The standard InChI is InChI=1S/C15H21N3O/c1-3-16-14(12-19-4-2)15-10-11-17-18(15)13-8-6-5-7-9-13/h5-11,14,16H,3-4,12H2,1-2H3. The molecule has 1 atom stereocenters. The van der Waals surface area contributed by atoms with E-state index in [1.165, 1.54) is 0 Å². The summed E-state index contributed by atoms with van der Waals surface area (Å²) in [7, 11) is 0. The fraction of sp³-hybridized carbons (Fsp3) is 0.400. The predicted octanol–water partition coefficient (Wildman–Crippen LogP) is 2.56. The first kappa shape index (κ1) is 13.8. The molecule has 0 bridgehead atoms. The number of likely N-dealkylation sites (N-methyl/N-ethyl adjacent to an activating group) is 1. The van der Waals surface area contributed by atoms with Crippen molar-refractivity contribution in [2.75, 3.05) is 19.8 Å². The molecule has 1 heterocycles. The van der Waals surface area contributed by atoms with E-state index in [2.05, 4.69) is 29.5 Å². The van der Waals surface area contributed by atoms with Gasteiger partial charge in [-0.1, -0.05) is 25.1 Å². The summed E-state index contributed by atoms with van der Waals surface area (Å²) in [5.74, 6) is 0. The summed E-state index contributed by atoms with van der Waals surface area (Å²) in [4.78, 5) is 0. The van der Waals surface area contributed by atoms with Crippen molar-refractivity contribution in [3.63, 3.8) is 0 Å². The monoisotopic (exact) mass is 259 g/mol. The lowest BCUT2D eigenvalue weighted by atomic mass is 10.2. The fourth-order valence-corrected chi connectivity index (χ4v) is 2.09. The molecule has 0 aliphatic heterocycles. The molecule has 0 amide bonds. The first-order chi connectivity index (χ1) is 9.36. The van der Waals surface area contributed by atoms with Crippen LogP contribution in [0, 0.1) is 0 Å². The van der Waals surface area contributed by atoms with Crippen LogP contribution >= 0.6 is 0 Å². The molecule has 19 heavy (non-hydrogen) atoms. The maximum Gasteiger partial charge on any atom is 0.0734 e. The first-order valence-electron chi connectivity index (χ1n) is 6.77. The zero-order chi connectivity index (χ0) is 13.5. The van der Waals surface area contributed by atoms with Crippen molar-refractivity contribution in [1.82, 2.24) is 15.1 Å². The maximum absolute atomic E-state index is 5.56. The Kier molecular flexibility index (Phi) is 5.12. The van der Waals surface area contributed by atoms with Gasteiger partial charge in [0.05, 0.1) is 24.0 Å². The lowest BCUT2D eigenvalue weighted by Crippen LogP contribution is -2.27. The molecule has 0 aliphatic carbocycles. The molecule has 4 heteroatoms. The number of benzene rings is 1. The summed E-state index contributed by atoms with van der Waals surface area (Å²) in [5, 5.41) is 7.86. The molecule has 1 N–H and O–H groups in total. The van der Waals surface area contributed by atoms with Gasteiger partial charge in [0.1, 0.15) is 0 Å². The smallest absolute Gasteiger partial charge is 0.0734 e. The summed E-state index contributed by atoms with van der Waals surface area (Å²) in [6.07, 6.45) is 1.83. The highest BCUT2D eigenvalue weighted by atomic mass is 16.5. The Hall–Kier alpha value is -1.65. The van der Waals surface area contributed by atoms with Crippen molar-refractivity contribution in [2.45, 2.75) is 19.9 Å². The van der Waals surface area contributed by atoms with Crippen molar-refractivity contribution >= 4 is 0 Å². The van der Waals surface area contributed by atoms with E-state index in [9.17, 15) is 0 Å². The van der Waals surface area contributed by atoms with Crippen LogP contribution in [-0.4, -0.2) is 29.5 Å². The molecule has 0 aliphatic rings. The molecule has 0 saturated carbocycles. The molecule has 1 aromatic heterocycles. The molecule has 0 saturated heterocycles. The van der Waals surface area contributed by atoms with E-state index in [4.69, 9.17) is 4.74 Å². The molecule has 2 rings (SSSR count). The Morgan fingerprint density at radius 1 is 1.21 bits per heavy atom. The molecule has 2 aromatic rings. The summed E-state index contributed by atoms with van der Waals surface area (Å²) in [5.41, 5.74) is 2.20. The average molecular weight is 259 g/mol. The first-order valence-corrected chi connectivity index (χ1v) is 6.77. The van der Waals surface area contributed by atoms with Gasteiger partial charge in [0.15, 0.2) is 0 Å². The van der Waals surface area contributed by atoms with E-state index in [0.717, 1.165) is 24.5 Å². The molecular weight excluding hydrogens is 238 g/mol. The third kappa shape index (κ3) is 3.43. The number of aromatic nitrogens is 2. The van der Waals surface area contributed by atoms with Gasteiger partial charge in [-0.2, -0.15) is 5.10 Å². The average Bonchev–Trinajstić information content (AvgIpc) is 2.93. The van der Waals surface area contributed by atoms with Gasteiger partial charge in [0.2, 0.25) is 0 Å². The topological polar surface area (TPSA) is 39.1 Å². The number of ether oxygens (including phenoxy) is 1. The van der Waals surface area contributed by atoms with Crippen molar-refractivity contribution in [3.8, 4) is 5.69 Å². The van der Waals surface area contributed by atoms with Crippen LogP contribution in [0.25, 0.3) is 5.69 Å². The summed E-state index contributed by atoms with van der Waals surface area (Å²) >= 11 is 0. The van der Waals surface area contributed by atoms with Crippen LogP contribution in [0.5, 0.6) is 0 Å². The van der Waals surface area contributed by atoms with E-state index < -0.39 is 0 Å². The number of nitrogens with one attached hydrogen (secondary N) is 1. The Balaban J connectivity index is 2.26. The van der Waals surface area contributed by atoms with Gasteiger partial charge >= 0.3 is 0 Å². The number of hydrogen-bond acceptors (Lipinski definition) is 3. The summed E-state index contributed by atoms with van der Waals surface area (Å²) < 4.78 is 7.52. The van der Waals surface area contributed by atoms with Crippen molar-refractivity contribution < 1.29 is 4.74 Å². The zero-order valence-corrected chi connectivity index (χ0v) is 11.5. The van der Waals surface area contributed by atoms with E-state index in [1.54, 1.807) is 0 Å². The molecule has 102 valence electrons. The van der Waals surface area contributed by atoms with Crippen molar-refractivity contribution in [1.29, 1.82) is 0 Å². The SMILES string of the molecule is CCNC(COCC)c1ccnn1-c1ccccc1. The minimum absolute atomic E-state index is 0.160. The number of hydrogen-bond donors (Lipinski definition) is 1. The molecule has 0 fully saturated rings. The predicted molar refractivity (Wildman–Crippen MR) is 76.5 cm³/mol. The van der Waals surface area contributed by atoms with E-state index in [-0.39, 0.29) is 6.04 Å². The highest BCUT2D eigenvalue weighted by Gasteiger charge is 2.16. The second kappa shape index (κ2) is 7.07. The van der Waals surface area contributed by atoms with Gasteiger partial charge in [-0.3, -0.25) is 0 Å². The zero-order valence-electron chi connectivity index (χ0n) is 11.5. The van der Waals surface area contributed by atoms with Crippen LogP contribution in [0.1, 0.15) is 25.6 Å². The fourth-order valence-electron chi connectivity index (χ4n) is 2.09. The molecule has 1 unspecified atom stereocenters. The molecule has 0 radical (unpaired) electrons. The maximum atomic E-state index is 5.56. The van der Waals surface area contributed by atoms with Crippen LogP contribution in [0.4, 0.5) is 0 Å². The van der Waals surface area contributed by atoms with Gasteiger partial charge in [0.25, 0.3) is 0 Å². The highest BCUT2D eigenvalue weighted by Crippen LogP contribution is 2.17. The minimum atomic E-state index is 0.160. The number of para-hydroxylation sites is 1. The Morgan fingerprint density at radius 3 is 2.68 bits per heavy atom. The molecule has 4 nitrogen and oxygen atoms in total. The molecule has 0 spiro atoms. The largest absolute Gasteiger partial charge is 0.380 e. The van der Waals surface area contributed by atoms with Gasteiger partial charge in [0, 0.05) is 12.8 Å². The van der Waals surface area contributed by atoms with E-state index >= 15 is 0 Å². The molecular formula is C15H21N3O. The lowest BCUT2D eigenvalue weighted by molar-refractivity contribution is 0.121. The Labute approximate surface area is 114 Å². The summed E-state index contributed by atoms with van der Waals surface area (Å²) in [6, 6.07) is 12.4. The second-order valence-electron chi connectivity index (χ2n) is 4.27. The van der Waals surface area contributed by atoms with Gasteiger partial charge in [-0.15, -0.1) is 0 Å². The van der Waals surface area contributed by atoms with Crippen LogP contribution in [-0.2, 0) is 4.74 Å². The normalized spacial score (nSPS) is 12.5. The second-order valence-corrected chi connectivity index (χ2v) is 4.27. The number of rotatable bonds is 7. The third-order valence-corrected chi connectivity index (χ3v) is 2.97. The van der Waals surface area contributed by atoms with Gasteiger partial charge in [-0.25, -0.2) is 4.68 Å². The van der Waals surface area contributed by atoms with E-state index in [0.29, 0.717) is 6.61 Å². The summed E-state index contributed by atoms with van der Waals surface area (Å²) in [6.45, 7) is 6.39. The molecule has 1 aromatic carbocycles. The van der Waals surface area contributed by atoms with Crippen molar-refractivity contribution in [2.24, 2.45) is 0 Å². The van der Waals surface area contributed by atoms with Gasteiger partial charge < -0.3 is 10.1 Å². The number of nitrogens with zero attached hydrogens (tertiary/aromatic N) is 2. The van der Waals surface area contributed by atoms with E-state index in [1.807, 2.05) is 42.1 Å². The van der Waals surface area contributed by atoms with Crippen molar-refractivity contribution in [3.05, 3.63) is 48.3 Å². The quantitative estimate of drug-likeness (QED) is 0.830. The van der Waals surface area contributed by atoms with Gasteiger partial charge in [-0.05, 0) is 31.7 Å². The van der Waals surface area contributed by atoms with Crippen LogP contribution in [0.2, 0.25) is 0 Å².